The Balaban J connectivity index is 2.68. The second-order valence-corrected chi connectivity index (χ2v) is 7.86. The lowest BCUT2D eigenvalue weighted by Crippen LogP contribution is -2.02. The number of nitrogens with zero attached hydrogens (tertiary/aromatic N) is 1. The molecule has 0 fully saturated rings. The van der Waals surface area contributed by atoms with Crippen molar-refractivity contribution in [2.24, 2.45) is 4.99 Å². The van der Waals surface area contributed by atoms with Crippen molar-refractivity contribution in [2.75, 3.05) is 0 Å². The van der Waals surface area contributed by atoms with Gasteiger partial charge < -0.3 is 0 Å². The van der Waals surface area contributed by atoms with Crippen LogP contribution in [-0.2, 0) is 0 Å². The minimum atomic E-state index is 0.563. The average molecular weight is 374 g/mol. The molecule has 148 valence electrons. The highest BCUT2D eigenvalue weighted by molar-refractivity contribution is 5.88. The molecule has 0 aliphatic rings. The highest BCUT2D eigenvalue weighted by Crippen LogP contribution is 2.34. The summed E-state index contributed by atoms with van der Waals surface area (Å²) in [6, 6.07) is 15.2. The van der Waals surface area contributed by atoms with Crippen molar-refractivity contribution in [1.29, 1.82) is 0 Å². The van der Waals surface area contributed by atoms with Crippen LogP contribution in [0.15, 0.2) is 59.1 Å². The number of benzene rings is 2. The second kappa shape index (κ2) is 10.2. The maximum absolute atomic E-state index is 4.81. The Kier molecular flexibility index (Phi) is 7.99. The maximum atomic E-state index is 4.81. The van der Waals surface area contributed by atoms with Crippen LogP contribution in [0.4, 0.5) is 0 Å². The van der Waals surface area contributed by atoms with Crippen LogP contribution < -0.4 is 0 Å². The zero-order valence-corrected chi connectivity index (χ0v) is 18.6. The lowest BCUT2D eigenvalue weighted by atomic mass is 9.86. The van der Waals surface area contributed by atoms with Gasteiger partial charge >= 0.3 is 0 Å². The molecule has 1 atom stereocenters. The van der Waals surface area contributed by atoms with Gasteiger partial charge in [-0.05, 0) is 80.9 Å². The van der Waals surface area contributed by atoms with Gasteiger partial charge in [0.15, 0.2) is 0 Å². The van der Waals surface area contributed by atoms with Gasteiger partial charge in [-0.25, -0.2) is 0 Å². The summed E-state index contributed by atoms with van der Waals surface area (Å²) >= 11 is 0. The van der Waals surface area contributed by atoms with E-state index < -0.39 is 0 Å². The average Bonchev–Trinajstić information content (AvgIpc) is 2.66. The molecule has 1 unspecified atom stereocenters. The van der Waals surface area contributed by atoms with E-state index in [1.807, 2.05) is 13.1 Å². The highest BCUT2D eigenvalue weighted by Gasteiger charge is 2.16. The number of hydrogen-bond donors (Lipinski definition) is 0. The molecule has 0 radical (unpaired) electrons. The van der Waals surface area contributed by atoms with Crippen LogP contribution >= 0.6 is 0 Å². The monoisotopic (exact) mass is 373 g/mol. The summed E-state index contributed by atoms with van der Waals surface area (Å²) in [7, 11) is 0. The number of rotatable bonds is 7. The van der Waals surface area contributed by atoms with Gasteiger partial charge in [0.05, 0.1) is 5.70 Å². The molecule has 2 aromatic carbocycles. The lowest BCUT2D eigenvalue weighted by Gasteiger charge is -2.20. The molecule has 0 N–H and O–H groups in total. The van der Waals surface area contributed by atoms with Crippen molar-refractivity contribution in [3.8, 4) is 0 Å². The smallest absolute Gasteiger partial charge is 0.0709 e. The molecule has 0 aliphatic carbocycles. The van der Waals surface area contributed by atoms with Crippen LogP contribution in [0.5, 0.6) is 0 Å². The molecule has 0 heterocycles. The van der Waals surface area contributed by atoms with Gasteiger partial charge in [0.2, 0.25) is 0 Å². The van der Waals surface area contributed by atoms with Gasteiger partial charge in [-0.3, -0.25) is 4.99 Å². The fourth-order valence-electron chi connectivity index (χ4n) is 3.96. The summed E-state index contributed by atoms with van der Waals surface area (Å²) in [5.41, 5.74) is 10.2. The van der Waals surface area contributed by atoms with Crippen LogP contribution in [0.3, 0.4) is 0 Å². The van der Waals surface area contributed by atoms with E-state index in [2.05, 4.69) is 90.1 Å². The van der Waals surface area contributed by atoms with Crippen molar-refractivity contribution in [3.63, 3.8) is 0 Å². The van der Waals surface area contributed by atoms with E-state index in [9.17, 15) is 0 Å². The zero-order valence-electron chi connectivity index (χ0n) is 18.6. The third kappa shape index (κ3) is 5.10. The van der Waals surface area contributed by atoms with Crippen molar-refractivity contribution in [1.82, 2.24) is 0 Å². The minimum absolute atomic E-state index is 0.563. The van der Waals surface area contributed by atoms with Crippen LogP contribution in [0, 0.1) is 13.8 Å². The van der Waals surface area contributed by atoms with E-state index in [0.717, 1.165) is 5.70 Å². The summed E-state index contributed by atoms with van der Waals surface area (Å²) in [5.74, 6) is 0.563. The first-order valence-corrected chi connectivity index (χ1v) is 10.4. The molecular weight excluding hydrogens is 338 g/mol. The summed E-state index contributed by atoms with van der Waals surface area (Å²) < 4.78 is 0. The largest absolute Gasteiger partial charge is 0.261 e. The van der Waals surface area contributed by atoms with Crippen molar-refractivity contribution in [2.45, 2.75) is 67.2 Å². The quantitative estimate of drug-likeness (QED) is 0.343. The Morgan fingerprint density at radius 3 is 2.29 bits per heavy atom. The summed E-state index contributed by atoms with van der Waals surface area (Å²) in [6.07, 6.45) is 6.58. The molecule has 0 aliphatic heterocycles. The Labute approximate surface area is 171 Å². The predicted octanol–water partition coefficient (Wildman–Crippen LogP) is 8.13. The highest BCUT2D eigenvalue weighted by atomic mass is 14.7. The van der Waals surface area contributed by atoms with E-state index in [4.69, 9.17) is 4.99 Å². The standard InChI is InChI=1S/C27H35N/c1-8-13-20(5)24-17-16-21(6)27(22(24)7)26(28-9-2)18-25(19(3)4)23-14-11-10-12-15-23/h9-12,14-18,20H,8,13H2,1-7H3. The maximum Gasteiger partial charge on any atom is 0.0709 e. The number of hydrogen-bond acceptors (Lipinski definition) is 1. The number of aliphatic imine (C=N–C) groups is 1. The Hall–Kier alpha value is -2.41. The molecule has 0 saturated heterocycles. The van der Waals surface area contributed by atoms with Crippen LogP contribution in [0.2, 0.25) is 0 Å². The Morgan fingerprint density at radius 2 is 1.71 bits per heavy atom. The molecule has 1 heteroatoms. The fraction of sp³-hybridized carbons (Fsp3) is 0.370. The Morgan fingerprint density at radius 1 is 1.04 bits per heavy atom. The SMILES string of the molecule is CC=NC(=CC(=C(C)C)c1ccccc1)c1c(C)ccc(C(C)CCC)c1C. The number of allylic oxidation sites excluding steroid dienone is 3. The lowest BCUT2D eigenvalue weighted by molar-refractivity contribution is 0.661. The van der Waals surface area contributed by atoms with Gasteiger partial charge in [-0.15, -0.1) is 0 Å². The molecule has 0 bridgehead atoms. The third-order valence-corrected chi connectivity index (χ3v) is 5.40. The van der Waals surface area contributed by atoms with E-state index in [1.54, 1.807) is 0 Å². The first-order chi connectivity index (χ1) is 13.4. The first kappa shape index (κ1) is 21.9. The van der Waals surface area contributed by atoms with E-state index >= 15 is 0 Å². The second-order valence-electron chi connectivity index (χ2n) is 7.86. The summed E-state index contributed by atoms with van der Waals surface area (Å²) in [6.45, 7) is 15.4. The molecule has 2 rings (SSSR count). The van der Waals surface area contributed by atoms with Crippen LogP contribution in [-0.4, -0.2) is 6.21 Å². The van der Waals surface area contributed by atoms with Crippen molar-refractivity contribution < 1.29 is 0 Å². The van der Waals surface area contributed by atoms with Crippen LogP contribution in [0.1, 0.15) is 81.2 Å². The van der Waals surface area contributed by atoms with E-state index in [-0.39, 0.29) is 0 Å². The topological polar surface area (TPSA) is 12.4 Å². The molecule has 0 spiro atoms. The minimum Gasteiger partial charge on any atom is -0.261 e. The van der Waals surface area contributed by atoms with Gasteiger partial charge in [0.25, 0.3) is 0 Å². The number of aryl methyl sites for hydroxylation is 1. The normalized spacial score (nSPS) is 13.0. The van der Waals surface area contributed by atoms with Gasteiger partial charge in [0, 0.05) is 11.8 Å². The molecule has 1 nitrogen and oxygen atoms in total. The molecule has 28 heavy (non-hydrogen) atoms. The van der Waals surface area contributed by atoms with Crippen molar-refractivity contribution in [3.05, 3.63) is 81.9 Å². The van der Waals surface area contributed by atoms with Gasteiger partial charge in [0.1, 0.15) is 0 Å². The molecular formula is C27H35N. The molecule has 2 aromatic rings. The van der Waals surface area contributed by atoms with Crippen molar-refractivity contribution >= 4 is 17.5 Å². The summed E-state index contributed by atoms with van der Waals surface area (Å²) in [5, 5.41) is 0. The third-order valence-electron chi connectivity index (χ3n) is 5.40. The zero-order chi connectivity index (χ0) is 20.7. The van der Waals surface area contributed by atoms with Crippen LogP contribution in [0.25, 0.3) is 11.3 Å². The summed E-state index contributed by atoms with van der Waals surface area (Å²) in [4.78, 5) is 4.81. The van der Waals surface area contributed by atoms with E-state index in [0.29, 0.717) is 5.92 Å². The predicted molar refractivity (Wildman–Crippen MR) is 126 cm³/mol. The van der Waals surface area contributed by atoms with Gasteiger partial charge in [-0.1, -0.05) is 68.3 Å². The van der Waals surface area contributed by atoms with E-state index in [1.165, 1.54) is 51.8 Å². The first-order valence-electron chi connectivity index (χ1n) is 10.4. The molecule has 0 saturated carbocycles. The fourth-order valence-corrected chi connectivity index (χ4v) is 3.96. The van der Waals surface area contributed by atoms with Gasteiger partial charge in [-0.2, -0.15) is 0 Å². The molecule has 0 amide bonds. The Bertz CT molecular complexity index is 878. The molecule has 0 aromatic heterocycles.